The second-order valence-corrected chi connectivity index (χ2v) is 11.7. The first kappa shape index (κ1) is 23.2. The van der Waals surface area contributed by atoms with E-state index in [0.717, 1.165) is 42.0 Å². The Bertz CT molecular complexity index is 1160. The van der Waals surface area contributed by atoms with Crippen LogP contribution in [0, 0.1) is 12.8 Å². The second kappa shape index (κ2) is 8.92. The Kier molecular flexibility index (Phi) is 6.10. The zero-order chi connectivity index (χ0) is 23.9. The first-order valence-electron chi connectivity index (χ1n) is 12.3. The summed E-state index contributed by atoms with van der Waals surface area (Å²) < 4.78 is 27.4. The maximum atomic E-state index is 13.0. The van der Waals surface area contributed by atoms with E-state index in [9.17, 15) is 18.0 Å². The highest BCUT2D eigenvalue weighted by Crippen LogP contribution is 2.35. The van der Waals surface area contributed by atoms with Crippen molar-refractivity contribution in [3.63, 3.8) is 0 Å². The fourth-order valence-corrected chi connectivity index (χ4v) is 6.59. The lowest BCUT2D eigenvalue weighted by Gasteiger charge is -2.34. The molecule has 0 radical (unpaired) electrons. The molecule has 8 nitrogen and oxygen atoms in total. The summed E-state index contributed by atoms with van der Waals surface area (Å²) in [6, 6.07) is 5.61. The van der Waals surface area contributed by atoms with Crippen molar-refractivity contribution in [1.82, 2.24) is 9.62 Å². The third-order valence-electron chi connectivity index (χ3n) is 7.74. The molecule has 4 aliphatic rings. The van der Waals surface area contributed by atoms with Crippen molar-refractivity contribution >= 4 is 39.4 Å². The van der Waals surface area contributed by atoms with Crippen LogP contribution in [0.15, 0.2) is 28.6 Å². The van der Waals surface area contributed by atoms with Crippen LogP contribution in [0.25, 0.3) is 6.08 Å². The number of aliphatic imine (C=N–C) groups is 1. The molecule has 0 bridgehead atoms. The fourth-order valence-electron chi connectivity index (χ4n) is 5.41. The van der Waals surface area contributed by atoms with Gasteiger partial charge in [0.15, 0.2) is 0 Å². The van der Waals surface area contributed by atoms with Gasteiger partial charge in [-0.3, -0.25) is 14.6 Å². The Morgan fingerprint density at radius 3 is 2.44 bits per heavy atom. The van der Waals surface area contributed by atoms with Crippen LogP contribution in [-0.4, -0.2) is 55.5 Å². The molecule has 3 aliphatic heterocycles. The molecule has 1 spiro atoms. The number of carbonyl (C=O) groups excluding carboxylic acids is 2. The monoisotopic (exact) mass is 484 g/mol. The zero-order valence-corrected chi connectivity index (χ0v) is 20.4. The number of sulfonamides is 1. The summed E-state index contributed by atoms with van der Waals surface area (Å²) in [6.07, 6.45) is 8.70. The summed E-state index contributed by atoms with van der Waals surface area (Å²) in [7, 11) is -3.62. The average molecular weight is 485 g/mol. The average Bonchev–Trinajstić information content (AvgIpc) is 3.14. The summed E-state index contributed by atoms with van der Waals surface area (Å²) in [5.74, 6) is 1.19. The van der Waals surface area contributed by atoms with Crippen LogP contribution in [-0.2, 0) is 19.6 Å². The second-order valence-electron chi connectivity index (χ2n) is 9.90. The summed E-state index contributed by atoms with van der Waals surface area (Å²) >= 11 is 0. The fraction of sp³-hybridized carbons (Fsp3) is 0.560. The standard InChI is InChI=1S/C25H32N4O4S/c1-18-17-21(29-13-9-22(29)30)8-7-19(18)10-16-34(32,33)28-14-11-25(12-15-28)24(31)26-23(27-25)20-5-3-2-4-6-20/h7-8,10,16-17,20H,2-6,9,11-15H2,1H3,(H,26,27,31). The number of nitrogens with zero attached hydrogens (tertiary/aromatic N) is 3. The Morgan fingerprint density at radius 1 is 1.09 bits per heavy atom. The van der Waals surface area contributed by atoms with E-state index in [1.165, 1.54) is 29.0 Å². The van der Waals surface area contributed by atoms with Gasteiger partial charge in [0, 0.05) is 43.1 Å². The van der Waals surface area contributed by atoms with Crippen molar-refractivity contribution in [3.05, 3.63) is 34.7 Å². The van der Waals surface area contributed by atoms with Crippen LogP contribution in [0.2, 0.25) is 0 Å². The van der Waals surface area contributed by atoms with Crippen LogP contribution < -0.4 is 10.2 Å². The number of aryl methyl sites for hydroxylation is 1. The summed E-state index contributed by atoms with van der Waals surface area (Å²) in [5.41, 5.74) is 1.74. The van der Waals surface area contributed by atoms with E-state index in [1.807, 2.05) is 25.1 Å². The topological polar surface area (TPSA) is 99.2 Å². The molecule has 9 heteroatoms. The van der Waals surface area contributed by atoms with E-state index in [0.29, 0.717) is 25.2 Å². The Morgan fingerprint density at radius 2 is 1.82 bits per heavy atom. The molecular weight excluding hydrogens is 452 g/mol. The molecule has 0 unspecified atom stereocenters. The van der Waals surface area contributed by atoms with Crippen molar-refractivity contribution in [2.24, 2.45) is 10.9 Å². The smallest absolute Gasteiger partial charge is 0.253 e. The lowest BCUT2D eigenvalue weighted by atomic mass is 9.88. The molecule has 1 aromatic carbocycles. The van der Waals surface area contributed by atoms with E-state index < -0.39 is 15.6 Å². The highest BCUT2D eigenvalue weighted by atomic mass is 32.2. The van der Waals surface area contributed by atoms with E-state index in [1.54, 1.807) is 11.0 Å². The van der Waals surface area contributed by atoms with Gasteiger partial charge in [0.05, 0.1) is 0 Å². The van der Waals surface area contributed by atoms with Crippen molar-refractivity contribution in [2.75, 3.05) is 24.5 Å². The number of benzene rings is 1. The lowest BCUT2D eigenvalue weighted by Crippen LogP contribution is -2.50. The SMILES string of the molecule is Cc1cc(N2CCC2=O)ccc1C=CS(=O)(=O)N1CCC2(CC1)N=C(C1CCCCC1)NC2=O. The molecule has 0 aromatic heterocycles. The van der Waals surface area contributed by atoms with Crippen LogP contribution in [0.3, 0.4) is 0 Å². The number of piperidine rings is 1. The van der Waals surface area contributed by atoms with Gasteiger partial charge >= 0.3 is 0 Å². The van der Waals surface area contributed by atoms with Crippen LogP contribution >= 0.6 is 0 Å². The molecule has 1 N–H and O–H groups in total. The van der Waals surface area contributed by atoms with Gasteiger partial charge < -0.3 is 10.2 Å². The van der Waals surface area contributed by atoms with E-state index in [2.05, 4.69) is 5.32 Å². The third-order valence-corrected chi connectivity index (χ3v) is 9.30. The molecule has 3 heterocycles. The van der Waals surface area contributed by atoms with Gasteiger partial charge in [-0.05, 0) is 61.9 Å². The molecule has 0 atom stereocenters. The number of hydrogen-bond donors (Lipinski definition) is 1. The van der Waals surface area contributed by atoms with Gasteiger partial charge in [-0.25, -0.2) is 8.42 Å². The number of amides is 2. The summed E-state index contributed by atoms with van der Waals surface area (Å²) in [5, 5.41) is 4.26. The number of rotatable bonds is 5. The molecule has 3 fully saturated rings. The molecule has 2 saturated heterocycles. The number of nitrogens with one attached hydrogen (secondary N) is 1. The summed E-state index contributed by atoms with van der Waals surface area (Å²) in [6.45, 7) is 3.18. The molecule has 5 rings (SSSR count). The highest BCUT2D eigenvalue weighted by molar-refractivity contribution is 7.92. The number of anilines is 1. The number of amidine groups is 1. The van der Waals surface area contributed by atoms with Crippen LogP contribution in [0.4, 0.5) is 5.69 Å². The molecule has 1 aromatic rings. The van der Waals surface area contributed by atoms with Gasteiger partial charge in [0.25, 0.3) is 5.91 Å². The Balaban J connectivity index is 1.24. The first-order valence-corrected chi connectivity index (χ1v) is 13.8. The minimum atomic E-state index is -3.62. The molecular formula is C25H32N4O4S. The largest absolute Gasteiger partial charge is 0.312 e. The van der Waals surface area contributed by atoms with Gasteiger partial charge in [-0.1, -0.05) is 25.3 Å². The maximum Gasteiger partial charge on any atom is 0.253 e. The molecule has 2 amide bonds. The molecule has 1 saturated carbocycles. The van der Waals surface area contributed by atoms with Crippen LogP contribution in [0.5, 0.6) is 0 Å². The van der Waals surface area contributed by atoms with Crippen molar-refractivity contribution in [2.45, 2.75) is 63.8 Å². The van der Waals surface area contributed by atoms with E-state index in [-0.39, 0.29) is 24.9 Å². The number of β-lactam (4-membered cyclic amide) rings is 1. The molecule has 182 valence electrons. The van der Waals surface area contributed by atoms with Gasteiger partial charge in [0.1, 0.15) is 11.4 Å². The first-order chi connectivity index (χ1) is 16.3. The number of carbonyl (C=O) groups is 2. The highest BCUT2D eigenvalue weighted by Gasteiger charge is 2.48. The van der Waals surface area contributed by atoms with Gasteiger partial charge in [-0.2, -0.15) is 4.31 Å². The number of hydrogen-bond acceptors (Lipinski definition) is 5. The van der Waals surface area contributed by atoms with Crippen molar-refractivity contribution < 1.29 is 18.0 Å². The molecule has 34 heavy (non-hydrogen) atoms. The zero-order valence-electron chi connectivity index (χ0n) is 19.6. The van der Waals surface area contributed by atoms with E-state index in [4.69, 9.17) is 4.99 Å². The van der Waals surface area contributed by atoms with Gasteiger partial charge in [-0.15, -0.1) is 0 Å². The summed E-state index contributed by atoms with van der Waals surface area (Å²) in [4.78, 5) is 31.0. The maximum absolute atomic E-state index is 13.0. The Labute approximate surface area is 201 Å². The van der Waals surface area contributed by atoms with Gasteiger partial charge in [0.2, 0.25) is 15.9 Å². The third kappa shape index (κ3) is 4.31. The predicted molar refractivity (Wildman–Crippen MR) is 132 cm³/mol. The quantitative estimate of drug-likeness (QED) is 0.650. The minimum absolute atomic E-state index is 0.0722. The van der Waals surface area contributed by atoms with Crippen molar-refractivity contribution in [1.29, 1.82) is 0 Å². The minimum Gasteiger partial charge on any atom is -0.312 e. The Hall–Kier alpha value is -2.52. The van der Waals surface area contributed by atoms with Crippen LogP contribution in [0.1, 0.15) is 62.5 Å². The predicted octanol–water partition coefficient (Wildman–Crippen LogP) is 2.98. The lowest BCUT2D eigenvalue weighted by molar-refractivity contribution is -0.125. The normalized spacial score (nSPS) is 23.9. The van der Waals surface area contributed by atoms with Crippen molar-refractivity contribution in [3.8, 4) is 0 Å². The van der Waals surface area contributed by atoms with E-state index >= 15 is 0 Å². The molecule has 1 aliphatic carbocycles.